The van der Waals surface area contributed by atoms with Gasteiger partial charge in [-0.1, -0.05) is 20.8 Å². The maximum atomic E-state index is 12.7. The number of ether oxygens (including phenoxy) is 1. The SMILES string of the molecule is Cc1nc(C)c(COC(=O)CC[C@@H](C)[C@H]2CC[C@H]3[C@@H]4[C@H](O)C[C@@H]5C[C@H](O)CC[C@]5(C)[C@H]4C[C@H](O)[C@]23C)nc1C. The minimum atomic E-state index is -0.411. The van der Waals surface area contributed by atoms with Gasteiger partial charge < -0.3 is 20.1 Å². The summed E-state index contributed by atoms with van der Waals surface area (Å²) < 4.78 is 5.58. The quantitative estimate of drug-likeness (QED) is 0.442. The molecule has 7 heteroatoms. The first kappa shape index (κ1) is 28.9. The molecule has 0 radical (unpaired) electrons. The molecule has 0 bridgehead atoms. The summed E-state index contributed by atoms with van der Waals surface area (Å²) in [6, 6.07) is 0. The minimum absolute atomic E-state index is 0.0810. The Morgan fingerprint density at radius 2 is 1.69 bits per heavy atom. The highest BCUT2D eigenvalue weighted by molar-refractivity contribution is 5.69. The first-order chi connectivity index (χ1) is 18.4. The van der Waals surface area contributed by atoms with Crippen molar-refractivity contribution < 1.29 is 24.9 Å². The van der Waals surface area contributed by atoms with E-state index in [-0.39, 0.29) is 53.4 Å². The van der Waals surface area contributed by atoms with E-state index < -0.39 is 6.10 Å². The Kier molecular flexibility index (Phi) is 7.93. The first-order valence-corrected chi connectivity index (χ1v) is 15.4. The fourth-order valence-corrected chi connectivity index (χ4v) is 9.80. The van der Waals surface area contributed by atoms with Gasteiger partial charge in [0.25, 0.3) is 0 Å². The van der Waals surface area contributed by atoms with E-state index in [2.05, 4.69) is 30.7 Å². The Hall–Kier alpha value is -1.57. The molecule has 0 saturated heterocycles. The van der Waals surface area contributed by atoms with Crippen molar-refractivity contribution in [2.24, 2.45) is 46.3 Å². The number of hydrogen-bond donors (Lipinski definition) is 3. The summed E-state index contributed by atoms with van der Waals surface area (Å²) in [5, 5.41) is 33.6. The summed E-state index contributed by atoms with van der Waals surface area (Å²) in [6.45, 7) is 12.7. The van der Waals surface area contributed by atoms with E-state index in [0.29, 0.717) is 29.9 Å². The number of rotatable bonds is 6. The van der Waals surface area contributed by atoms with Gasteiger partial charge in [-0.25, -0.2) is 0 Å². The van der Waals surface area contributed by atoms with E-state index >= 15 is 0 Å². The Bertz CT molecular complexity index is 1080. The highest BCUT2D eigenvalue weighted by Crippen LogP contribution is 2.68. The summed E-state index contributed by atoms with van der Waals surface area (Å²) in [6.07, 6.45) is 6.20. The summed E-state index contributed by atoms with van der Waals surface area (Å²) >= 11 is 0. The molecule has 0 spiro atoms. The number of carbonyl (C=O) groups excluding carboxylic acids is 1. The van der Waals surface area contributed by atoms with Crippen LogP contribution in [0, 0.1) is 67.1 Å². The maximum Gasteiger partial charge on any atom is 0.306 e. The third kappa shape index (κ3) is 4.95. The molecular formula is C32H50N2O5. The molecule has 4 fully saturated rings. The van der Waals surface area contributed by atoms with E-state index in [0.717, 1.165) is 68.4 Å². The molecule has 1 aromatic heterocycles. The van der Waals surface area contributed by atoms with Crippen molar-refractivity contribution in [1.29, 1.82) is 0 Å². The summed E-state index contributed by atoms with van der Waals surface area (Å²) in [5.41, 5.74) is 3.07. The molecule has 0 aromatic carbocycles. The maximum absolute atomic E-state index is 12.7. The fraction of sp³-hybridized carbons (Fsp3) is 0.844. The van der Waals surface area contributed by atoms with Gasteiger partial charge in [0.1, 0.15) is 6.61 Å². The number of fused-ring (bicyclic) bond motifs is 5. The van der Waals surface area contributed by atoms with Gasteiger partial charge in [-0.3, -0.25) is 14.8 Å². The number of aromatic nitrogens is 2. The summed E-state index contributed by atoms with van der Waals surface area (Å²) in [7, 11) is 0. The molecule has 3 N–H and O–H groups in total. The number of esters is 1. The van der Waals surface area contributed by atoms with Crippen molar-refractivity contribution >= 4 is 5.97 Å². The van der Waals surface area contributed by atoms with Crippen LogP contribution in [0.2, 0.25) is 0 Å². The Labute approximate surface area is 234 Å². The average Bonchev–Trinajstić information content (AvgIpc) is 3.24. The van der Waals surface area contributed by atoms with Crippen LogP contribution in [0.5, 0.6) is 0 Å². The van der Waals surface area contributed by atoms with E-state index in [9.17, 15) is 20.1 Å². The molecule has 39 heavy (non-hydrogen) atoms. The van der Waals surface area contributed by atoms with Gasteiger partial charge in [-0.2, -0.15) is 0 Å². The van der Waals surface area contributed by atoms with Gasteiger partial charge in [-0.05, 0) is 118 Å². The number of aryl methyl sites for hydroxylation is 3. The molecule has 0 aliphatic heterocycles. The number of aliphatic hydroxyl groups excluding tert-OH is 3. The zero-order chi connectivity index (χ0) is 28.3. The molecule has 11 atom stereocenters. The standard InChI is InChI=1S/C32H50N2O5/c1-17(7-10-29(38)39-16-26-20(4)33-18(2)19(3)34-26)23-8-9-24-30-25(15-28(37)32(23,24)6)31(5)12-11-22(35)13-21(31)14-27(30)36/h17,21-25,27-28,30,35-37H,7-16H2,1-6H3/t17-,21+,22-,23-,24+,25+,27-,28+,30+,31+,32-/m1/s1. The van der Waals surface area contributed by atoms with Gasteiger partial charge in [0.15, 0.2) is 0 Å². The van der Waals surface area contributed by atoms with E-state index in [1.54, 1.807) is 0 Å². The lowest BCUT2D eigenvalue weighted by Crippen LogP contribution is -2.62. The van der Waals surface area contributed by atoms with Gasteiger partial charge in [0.05, 0.1) is 41.1 Å². The lowest BCUT2D eigenvalue weighted by Gasteiger charge is -2.63. The topological polar surface area (TPSA) is 113 Å². The van der Waals surface area contributed by atoms with Crippen LogP contribution in [0.1, 0.15) is 101 Å². The van der Waals surface area contributed by atoms with Gasteiger partial charge in [0, 0.05) is 6.42 Å². The third-order valence-corrected chi connectivity index (χ3v) is 12.3. The van der Waals surface area contributed by atoms with Crippen LogP contribution in [0.3, 0.4) is 0 Å². The highest BCUT2D eigenvalue weighted by Gasteiger charge is 2.65. The monoisotopic (exact) mass is 542 g/mol. The third-order valence-electron chi connectivity index (χ3n) is 12.3. The van der Waals surface area contributed by atoms with Crippen LogP contribution in [0.25, 0.3) is 0 Å². The average molecular weight is 543 g/mol. The van der Waals surface area contributed by atoms with Crippen LogP contribution in [0.15, 0.2) is 0 Å². The molecule has 1 aromatic rings. The lowest BCUT2D eigenvalue weighted by atomic mass is 9.43. The molecular weight excluding hydrogens is 492 g/mol. The van der Waals surface area contributed by atoms with E-state index in [1.165, 1.54) is 0 Å². The van der Waals surface area contributed by atoms with Crippen molar-refractivity contribution in [2.45, 2.75) is 124 Å². The van der Waals surface area contributed by atoms with Crippen molar-refractivity contribution in [3.63, 3.8) is 0 Å². The number of aliphatic hydroxyl groups is 3. The fourth-order valence-electron chi connectivity index (χ4n) is 9.80. The zero-order valence-electron chi connectivity index (χ0n) is 24.8. The van der Waals surface area contributed by atoms with Crippen molar-refractivity contribution in [3.05, 3.63) is 22.8 Å². The molecule has 1 heterocycles. The lowest BCUT2D eigenvalue weighted by molar-refractivity contribution is -0.207. The molecule has 0 unspecified atom stereocenters. The minimum Gasteiger partial charge on any atom is -0.459 e. The van der Waals surface area contributed by atoms with Gasteiger partial charge in [-0.15, -0.1) is 0 Å². The molecule has 4 aliphatic carbocycles. The Morgan fingerprint density at radius 1 is 0.974 bits per heavy atom. The molecule has 4 aliphatic rings. The second-order valence-electron chi connectivity index (χ2n) is 14.1. The van der Waals surface area contributed by atoms with Gasteiger partial charge >= 0.3 is 5.97 Å². The summed E-state index contributed by atoms with van der Waals surface area (Å²) in [5.74, 6) is 1.49. The Balaban J connectivity index is 1.23. The molecule has 5 rings (SSSR count). The van der Waals surface area contributed by atoms with E-state index in [4.69, 9.17) is 4.74 Å². The van der Waals surface area contributed by atoms with Crippen LogP contribution in [-0.4, -0.2) is 49.6 Å². The largest absolute Gasteiger partial charge is 0.459 e. The zero-order valence-corrected chi connectivity index (χ0v) is 24.8. The Morgan fingerprint density at radius 3 is 2.44 bits per heavy atom. The predicted octanol–water partition coefficient (Wildman–Crippen LogP) is 4.82. The molecule has 218 valence electrons. The molecule has 4 saturated carbocycles. The second kappa shape index (κ2) is 10.7. The first-order valence-electron chi connectivity index (χ1n) is 15.4. The second-order valence-corrected chi connectivity index (χ2v) is 14.1. The normalized spacial score (nSPS) is 42.3. The van der Waals surface area contributed by atoms with Crippen molar-refractivity contribution in [1.82, 2.24) is 9.97 Å². The van der Waals surface area contributed by atoms with Crippen LogP contribution in [0.4, 0.5) is 0 Å². The number of carbonyl (C=O) groups is 1. The number of hydrogen-bond acceptors (Lipinski definition) is 7. The highest BCUT2D eigenvalue weighted by atomic mass is 16.5. The van der Waals surface area contributed by atoms with Crippen LogP contribution >= 0.6 is 0 Å². The summed E-state index contributed by atoms with van der Waals surface area (Å²) in [4.78, 5) is 21.7. The van der Waals surface area contributed by atoms with Crippen LogP contribution in [-0.2, 0) is 16.1 Å². The predicted molar refractivity (Wildman–Crippen MR) is 148 cm³/mol. The number of nitrogens with zero attached hydrogens (tertiary/aromatic N) is 2. The molecule has 0 amide bonds. The van der Waals surface area contributed by atoms with Crippen LogP contribution < -0.4 is 0 Å². The smallest absolute Gasteiger partial charge is 0.306 e. The van der Waals surface area contributed by atoms with E-state index in [1.807, 2.05) is 20.8 Å². The van der Waals surface area contributed by atoms with Gasteiger partial charge in [0.2, 0.25) is 0 Å². The molecule has 7 nitrogen and oxygen atoms in total. The van der Waals surface area contributed by atoms with Crippen molar-refractivity contribution in [3.8, 4) is 0 Å². The van der Waals surface area contributed by atoms with Crippen molar-refractivity contribution in [2.75, 3.05) is 0 Å².